The molecule has 1 amide bonds. The Labute approximate surface area is 138 Å². The van der Waals surface area contributed by atoms with Crippen molar-refractivity contribution in [2.24, 2.45) is 0 Å². The molecule has 1 aromatic rings. The molecule has 1 aliphatic rings. The van der Waals surface area contributed by atoms with E-state index in [-0.39, 0.29) is 24.4 Å². The van der Waals surface area contributed by atoms with Crippen molar-refractivity contribution in [2.75, 3.05) is 27.3 Å². The fraction of sp³-hybridized carbons (Fsp3) is 0.562. The minimum absolute atomic E-state index is 0. The van der Waals surface area contributed by atoms with Crippen LogP contribution >= 0.6 is 12.4 Å². The van der Waals surface area contributed by atoms with Gasteiger partial charge in [0.1, 0.15) is 0 Å². The molecule has 1 heterocycles. The van der Waals surface area contributed by atoms with E-state index in [1.165, 1.54) is 0 Å². The van der Waals surface area contributed by atoms with Gasteiger partial charge in [-0.05, 0) is 43.5 Å². The number of aryl methyl sites for hydroxylation is 1. The van der Waals surface area contributed by atoms with Gasteiger partial charge in [0.2, 0.25) is 5.91 Å². The Hall–Kier alpha value is -1.46. The van der Waals surface area contributed by atoms with Crippen LogP contribution in [0.25, 0.3) is 0 Å². The molecular weight excluding hydrogens is 304 g/mol. The van der Waals surface area contributed by atoms with Gasteiger partial charge in [0.15, 0.2) is 11.5 Å². The van der Waals surface area contributed by atoms with Crippen molar-refractivity contribution in [1.82, 2.24) is 10.6 Å². The summed E-state index contributed by atoms with van der Waals surface area (Å²) >= 11 is 0. The highest BCUT2D eigenvalue weighted by molar-refractivity contribution is 5.85. The summed E-state index contributed by atoms with van der Waals surface area (Å²) < 4.78 is 10.5. The molecule has 1 aliphatic heterocycles. The van der Waals surface area contributed by atoms with Gasteiger partial charge < -0.3 is 20.1 Å². The molecule has 6 heteroatoms. The van der Waals surface area contributed by atoms with Gasteiger partial charge in [-0.1, -0.05) is 6.07 Å². The predicted octanol–water partition coefficient (Wildman–Crippen LogP) is 1.93. The highest BCUT2D eigenvalue weighted by Crippen LogP contribution is 2.27. The fourth-order valence-corrected chi connectivity index (χ4v) is 2.57. The molecule has 0 saturated carbocycles. The average Bonchev–Trinajstić information content (AvgIpc) is 2.53. The molecule has 1 fully saturated rings. The van der Waals surface area contributed by atoms with Gasteiger partial charge in [-0.25, -0.2) is 0 Å². The molecule has 1 atom stereocenters. The molecule has 1 aromatic carbocycles. The van der Waals surface area contributed by atoms with E-state index in [1.54, 1.807) is 14.2 Å². The van der Waals surface area contributed by atoms with Crippen LogP contribution < -0.4 is 20.1 Å². The van der Waals surface area contributed by atoms with E-state index in [0.29, 0.717) is 24.3 Å². The van der Waals surface area contributed by atoms with E-state index in [9.17, 15) is 4.79 Å². The smallest absolute Gasteiger partial charge is 0.220 e. The Bertz CT molecular complexity index is 476. The lowest BCUT2D eigenvalue weighted by molar-refractivity contribution is -0.121. The number of carbonyl (C=O) groups excluding carboxylic acids is 1. The summed E-state index contributed by atoms with van der Waals surface area (Å²) in [6.45, 7) is 1.93. The van der Waals surface area contributed by atoms with Gasteiger partial charge in [0.25, 0.3) is 0 Å². The number of benzene rings is 1. The maximum Gasteiger partial charge on any atom is 0.220 e. The number of nitrogens with one attached hydrogen (secondary N) is 2. The van der Waals surface area contributed by atoms with Crippen LogP contribution in [0.2, 0.25) is 0 Å². The Morgan fingerprint density at radius 2 is 2.09 bits per heavy atom. The van der Waals surface area contributed by atoms with E-state index in [0.717, 1.165) is 31.5 Å². The second-order valence-electron chi connectivity index (χ2n) is 5.30. The summed E-state index contributed by atoms with van der Waals surface area (Å²) in [5.74, 6) is 1.52. The van der Waals surface area contributed by atoms with Gasteiger partial charge in [-0.15, -0.1) is 12.4 Å². The topological polar surface area (TPSA) is 59.6 Å². The number of methoxy groups -OCH3 is 2. The molecule has 5 nitrogen and oxygen atoms in total. The van der Waals surface area contributed by atoms with Crippen molar-refractivity contribution in [3.63, 3.8) is 0 Å². The summed E-state index contributed by atoms with van der Waals surface area (Å²) in [5, 5.41) is 6.38. The van der Waals surface area contributed by atoms with Gasteiger partial charge in [-0.3, -0.25) is 4.79 Å². The third kappa shape index (κ3) is 5.39. The number of piperidine rings is 1. The van der Waals surface area contributed by atoms with E-state index >= 15 is 0 Å². The molecule has 0 spiro atoms. The Morgan fingerprint density at radius 3 is 2.73 bits per heavy atom. The summed E-state index contributed by atoms with van der Waals surface area (Å²) in [7, 11) is 3.23. The lowest BCUT2D eigenvalue weighted by atomic mass is 10.1. The molecule has 22 heavy (non-hydrogen) atoms. The first-order chi connectivity index (χ1) is 10.2. The minimum Gasteiger partial charge on any atom is -0.493 e. The Balaban J connectivity index is 0.00000242. The SMILES string of the molecule is COc1ccc(CCC(=O)NC2CCCNC2)cc1OC.Cl. The maximum absolute atomic E-state index is 12.0. The third-order valence-electron chi connectivity index (χ3n) is 3.75. The van der Waals surface area contributed by atoms with Gasteiger partial charge in [0.05, 0.1) is 14.2 Å². The average molecular weight is 329 g/mol. The van der Waals surface area contributed by atoms with Gasteiger partial charge in [-0.2, -0.15) is 0 Å². The van der Waals surface area contributed by atoms with Crippen LogP contribution in [-0.4, -0.2) is 39.3 Å². The molecular formula is C16H25ClN2O3. The maximum atomic E-state index is 12.0. The first-order valence-electron chi connectivity index (χ1n) is 7.44. The van der Waals surface area contributed by atoms with Crippen molar-refractivity contribution in [3.05, 3.63) is 23.8 Å². The van der Waals surface area contributed by atoms with E-state index in [4.69, 9.17) is 9.47 Å². The summed E-state index contributed by atoms with van der Waals surface area (Å²) in [6, 6.07) is 6.04. The third-order valence-corrected chi connectivity index (χ3v) is 3.75. The van der Waals surface area contributed by atoms with Crippen molar-refractivity contribution in [3.8, 4) is 11.5 Å². The van der Waals surface area contributed by atoms with Gasteiger partial charge >= 0.3 is 0 Å². The monoisotopic (exact) mass is 328 g/mol. The van der Waals surface area contributed by atoms with Crippen LogP contribution in [0.15, 0.2) is 18.2 Å². The first-order valence-corrected chi connectivity index (χ1v) is 7.44. The Kier molecular flexibility index (Phi) is 8.06. The molecule has 1 unspecified atom stereocenters. The number of amides is 1. The molecule has 0 radical (unpaired) electrons. The zero-order valence-electron chi connectivity index (χ0n) is 13.2. The molecule has 124 valence electrons. The second-order valence-corrected chi connectivity index (χ2v) is 5.30. The summed E-state index contributed by atoms with van der Waals surface area (Å²) in [6.07, 6.45) is 3.38. The van der Waals surface area contributed by atoms with Crippen molar-refractivity contribution in [1.29, 1.82) is 0 Å². The number of hydrogen-bond acceptors (Lipinski definition) is 4. The van der Waals surface area contributed by atoms with Crippen LogP contribution in [0.5, 0.6) is 11.5 Å². The second kappa shape index (κ2) is 9.54. The van der Waals surface area contributed by atoms with E-state index < -0.39 is 0 Å². The summed E-state index contributed by atoms with van der Waals surface area (Å²) in [4.78, 5) is 12.0. The number of carbonyl (C=O) groups is 1. The number of ether oxygens (including phenoxy) is 2. The molecule has 1 saturated heterocycles. The number of hydrogen-bond donors (Lipinski definition) is 2. The van der Waals surface area contributed by atoms with Crippen molar-refractivity contribution < 1.29 is 14.3 Å². The number of halogens is 1. The van der Waals surface area contributed by atoms with Crippen LogP contribution in [0.4, 0.5) is 0 Å². The fourth-order valence-electron chi connectivity index (χ4n) is 2.57. The van der Waals surface area contributed by atoms with Gasteiger partial charge in [0, 0.05) is 19.0 Å². The normalized spacial score (nSPS) is 17.3. The molecule has 0 aromatic heterocycles. The van der Waals surface area contributed by atoms with Crippen LogP contribution in [0.3, 0.4) is 0 Å². The van der Waals surface area contributed by atoms with E-state index in [1.807, 2.05) is 18.2 Å². The van der Waals surface area contributed by atoms with Crippen LogP contribution in [-0.2, 0) is 11.2 Å². The largest absolute Gasteiger partial charge is 0.493 e. The molecule has 2 rings (SSSR count). The lowest BCUT2D eigenvalue weighted by Gasteiger charge is -2.23. The highest BCUT2D eigenvalue weighted by Gasteiger charge is 2.15. The zero-order valence-corrected chi connectivity index (χ0v) is 14.0. The zero-order chi connectivity index (χ0) is 15.1. The first kappa shape index (κ1) is 18.6. The standard InChI is InChI=1S/C16H24N2O3.ClH/c1-20-14-7-5-12(10-15(14)21-2)6-8-16(19)18-13-4-3-9-17-11-13;/h5,7,10,13,17H,3-4,6,8-9,11H2,1-2H3,(H,18,19);1H. The van der Waals surface area contributed by atoms with Crippen LogP contribution in [0, 0.1) is 0 Å². The Morgan fingerprint density at radius 1 is 1.32 bits per heavy atom. The molecule has 0 bridgehead atoms. The molecule has 2 N–H and O–H groups in total. The molecule has 0 aliphatic carbocycles. The quantitative estimate of drug-likeness (QED) is 0.837. The lowest BCUT2D eigenvalue weighted by Crippen LogP contribution is -2.45. The number of rotatable bonds is 6. The minimum atomic E-state index is 0. The summed E-state index contributed by atoms with van der Waals surface area (Å²) in [5.41, 5.74) is 1.07. The highest BCUT2D eigenvalue weighted by atomic mass is 35.5. The van der Waals surface area contributed by atoms with Crippen LogP contribution in [0.1, 0.15) is 24.8 Å². The van der Waals surface area contributed by atoms with E-state index in [2.05, 4.69) is 10.6 Å². The predicted molar refractivity (Wildman–Crippen MR) is 89.1 cm³/mol. The van der Waals surface area contributed by atoms with Crippen molar-refractivity contribution in [2.45, 2.75) is 31.7 Å². The van der Waals surface area contributed by atoms with Crippen molar-refractivity contribution >= 4 is 18.3 Å².